The summed E-state index contributed by atoms with van der Waals surface area (Å²) in [5.74, 6) is 0.671. The van der Waals surface area contributed by atoms with Crippen molar-refractivity contribution in [2.24, 2.45) is 11.3 Å². The molecular weight excluding hydrogens is 356 g/mol. The molecule has 0 aromatic heterocycles. The van der Waals surface area contributed by atoms with E-state index < -0.39 is 0 Å². The first-order valence-electron chi connectivity index (χ1n) is 10.4. The smallest absolute Gasteiger partial charge is 0.309 e. The molecule has 2 saturated carbocycles. The molecule has 2 unspecified atom stereocenters. The molecule has 2 N–H and O–H groups in total. The number of nitrogens with one attached hydrogen (secondary N) is 1. The number of hydrogen-bond acceptors (Lipinski definition) is 6. The number of aromatic hydroxyl groups is 1. The quantitative estimate of drug-likeness (QED) is 0.729. The van der Waals surface area contributed by atoms with Crippen LogP contribution in [-0.4, -0.2) is 61.9 Å². The molecule has 3 aliphatic rings. The summed E-state index contributed by atoms with van der Waals surface area (Å²) in [6.07, 6.45) is 5.90. The maximum Gasteiger partial charge on any atom is 0.309 e. The van der Waals surface area contributed by atoms with Gasteiger partial charge < -0.3 is 24.8 Å². The first kappa shape index (κ1) is 19.5. The second kappa shape index (κ2) is 7.56. The van der Waals surface area contributed by atoms with Crippen LogP contribution >= 0.6 is 0 Å². The standard InChI is InChI=1S/C22H32N2O4/c1-24(2)16-12-22(13-16)10-15(11-22)21(26)28-19-6-7-23-17(19)8-14-4-5-20(27-3)18(25)9-14/h4-5,9,15-17,19,23,25H,6-8,10-13H2,1-3H3. The summed E-state index contributed by atoms with van der Waals surface area (Å²) in [4.78, 5) is 14.9. The molecule has 154 valence electrons. The molecule has 6 heteroatoms. The van der Waals surface area contributed by atoms with Crippen LogP contribution in [0.1, 0.15) is 37.7 Å². The molecule has 0 radical (unpaired) electrons. The molecule has 1 aliphatic heterocycles. The van der Waals surface area contributed by atoms with Crippen molar-refractivity contribution in [3.63, 3.8) is 0 Å². The first-order chi connectivity index (χ1) is 13.4. The van der Waals surface area contributed by atoms with E-state index in [1.165, 1.54) is 20.0 Å². The number of esters is 1. The van der Waals surface area contributed by atoms with Crippen LogP contribution in [0.3, 0.4) is 0 Å². The number of methoxy groups -OCH3 is 1. The third-order valence-corrected chi connectivity index (χ3v) is 7.01. The number of carbonyl (C=O) groups excluding carboxylic acids is 1. The lowest BCUT2D eigenvalue weighted by Gasteiger charge is -2.58. The first-order valence-corrected chi connectivity index (χ1v) is 10.4. The highest BCUT2D eigenvalue weighted by Gasteiger charge is 2.56. The zero-order chi connectivity index (χ0) is 19.9. The van der Waals surface area contributed by atoms with Crippen LogP contribution in [0.4, 0.5) is 0 Å². The van der Waals surface area contributed by atoms with Gasteiger partial charge in [0.05, 0.1) is 13.0 Å². The Morgan fingerprint density at radius 2 is 2.04 bits per heavy atom. The van der Waals surface area contributed by atoms with Crippen LogP contribution in [0.2, 0.25) is 0 Å². The average Bonchev–Trinajstić information content (AvgIpc) is 2.99. The minimum Gasteiger partial charge on any atom is -0.504 e. The van der Waals surface area contributed by atoms with Crippen molar-refractivity contribution in [3.8, 4) is 11.5 Å². The van der Waals surface area contributed by atoms with Crippen molar-refractivity contribution in [2.75, 3.05) is 27.7 Å². The van der Waals surface area contributed by atoms with Gasteiger partial charge in [-0.2, -0.15) is 0 Å². The zero-order valence-corrected chi connectivity index (χ0v) is 17.1. The highest BCUT2D eigenvalue weighted by Crippen LogP contribution is 2.59. The van der Waals surface area contributed by atoms with Gasteiger partial charge in [0, 0.05) is 12.1 Å². The van der Waals surface area contributed by atoms with Gasteiger partial charge in [0.2, 0.25) is 0 Å². The van der Waals surface area contributed by atoms with Crippen LogP contribution in [0.5, 0.6) is 11.5 Å². The third-order valence-electron chi connectivity index (χ3n) is 7.01. The van der Waals surface area contributed by atoms with Crippen LogP contribution in [0, 0.1) is 11.3 Å². The summed E-state index contributed by atoms with van der Waals surface area (Å²) in [6.45, 7) is 0.851. The molecule has 1 saturated heterocycles. The molecule has 6 nitrogen and oxygen atoms in total. The van der Waals surface area contributed by atoms with Gasteiger partial charge in [-0.1, -0.05) is 6.07 Å². The molecule has 1 aromatic carbocycles. The second-order valence-electron chi connectivity index (χ2n) is 9.17. The van der Waals surface area contributed by atoms with E-state index in [-0.39, 0.29) is 29.8 Å². The summed E-state index contributed by atoms with van der Waals surface area (Å²) >= 11 is 0. The van der Waals surface area contributed by atoms with Gasteiger partial charge in [0.25, 0.3) is 0 Å². The van der Waals surface area contributed by atoms with Crippen molar-refractivity contribution in [3.05, 3.63) is 23.8 Å². The molecular formula is C22H32N2O4. The Balaban J connectivity index is 1.28. The van der Waals surface area contributed by atoms with Crippen LogP contribution in [-0.2, 0) is 16.0 Å². The fourth-order valence-electron chi connectivity index (χ4n) is 5.24. The Labute approximate surface area is 167 Å². The fraction of sp³-hybridized carbons (Fsp3) is 0.682. The van der Waals surface area contributed by atoms with Crippen molar-refractivity contribution in [1.82, 2.24) is 10.2 Å². The predicted octanol–water partition coefficient (Wildman–Crippen LogP) is 2.34. The summed E-state index contributed by atoms with van der Waals surface area (Å²) in [6, 6.07) is 6.22. The van der Waals surface area contributed by atoms with Crippen molar-refractivity contribution in [2.45, 2.75) is 56.7 Å². The van der Waals surface area contributed by atoms with Crippen molar-refractivity contribution >= 4 is 5.97 Å². The number of rotatable bonds is 6. The van der Waals surface area contributed by atoms with Gasteiger partial charge in [0.1, 0.15) is 6.10 Å². The van der Waals surface area contributed by atoms with E-state index in [4.69, 9.17) is 9.47 Å². The Morgan fingerprint density at radius 3 is 2.68 bits per heavy atom. The van der Waals surface area contributed by atoms with E-state index in [2.05, 4.69) is 24.3 Å². The van der Waals surface area contributed by atoms with E-state index in [1.54, 1.807) is 12.1 Å². The van der Waals surface area contributed by atoms with Gasteiger partial charge in [-0.05, 0) is 82.3 Å². The van der Waals surface area contributed by atoms with E-state index >= 15 is 0 Å². The molecule has 28 heavy (non-hydrogen) atoms. The number of benzene rings is 1. The van der Waals surface area contributed by atoms with E-state index in [0.29, 0.717) is 23.6 Å². The number of phenolic OH excluding ortho intramolecular Hbond substituents is 1. The highest BCUT2D eigenvalue weighted by atomic mass is 16.5. The largest absolute Gasteiger partial charge is 0.504 e. The van der Waals surface area contributed by atoms with Crippen LogP contribution in [0.15, 0.2) is 18.2 Å². The summed E-state index contributed by atoms with van der Waals surface area (Å²) < 4.78 is 11.0. The van der Waals surface area contributed by atoms with Gasteiger partial charge in [-0.15, -0.1) is 0 Å². The molecule has 1 aromatic rings. The average molecular weight is 389 g/mol. The lowest BCUT2D eigenvalue weighted by Crippen LogP contribution is -2.56. The summed E-state index contributed by atoms with van der Waals surface area (Å²) in [5, 5.41) is 13.4. The fourth-order valence-corrected chi connectivity index (χ4v) is 5.24. The Hall–Kier alpha value is -1.79. The number of hydrogen-bond donors (Lipinski definition) is 2. The number of ether oxygens (including phenoxy) is 2. The maximum absolute atomic E-state index is 12.6. The Kier molecular flexibility index (Phi) is 5.27. The maximum atomic E-state index is 12.6. The summed E-state index contributed by atoms with van der Waals surface area (Å²) in [7, 11) is 5.81. The second-order valence-corrected chi connectivity index (χ2v) is 9.17. The van der Waals surface area contributed by atoms with Crippen molar-refractivity contribution in [1.29, 1.82) is 0 Å². The highest BCUT2D eigenvalue weighted by molar-refractivity contribution is 5.74. The monoisotopic (exact) mass is 388 g/mol. The molecule has 0 amide bonds. The predicted molar refractivity (Wildman–Crippen MR) is 107 cm³/mol. The van der Waals surface area contributed by atoms with Crippen LogP contribution < -0.4 is 10.1 Å². The third kappa shape index (κ3) is 3.72. The van der Waals surface area contributed by atoms with E-state index in [9.17, 15) is 9.90 Å². The topological polar surface area (TPSA) is 71.0 Å². The van der Waals surface area contributed by atoms with E-state index in [1.807, 2.05) is 6.07 Å². The molecule has 2 aliphatic carbocycles. The molecule has 4 rings (SSSR count). The molecule has 3 fully saturated rings. The van der Waals surface area contributed by atoms with Crippen molar-refractivity contribution < 1.29 is 19.4 Å². The molecule has 0 bridgehead atoms. The lowest BCUT2D eigenvalue weighted by molar-refractivity contribution is -0.170. The normalized spacial score (nSPS) is 34.1. The Bertz CT molecular complexity index is 721. The SMILES string of the molecule is COc1ccc(CC2NCCC2OC(=O)C2CC3(C2)CC(N(C)C)C3)cc1O. The number of phenols is 1. The number of nitrogens with zero attached hydrogens (tertiary/aromatic N) is 1. The number of carbonyl (C=O) groups is 1. The van der Waals surface area contributed by atoms with Gasteiger partial charge in [-0.25, -0.2) is 0 Å². The zero-order valence-electron chi connectivity index (χ0n) is 17.1. The summed E-state index contributed by atoms with van der Waals surface area (Å²) in [5.41, 5.74) is 1.41. The van der Waals surface area contributed by atoms with Gasteiger partial charge >= 0.3 is 5.97 Å². The lowest BCUT2D eigenvalue weighted by atomic mass is 9.50. The molecule has 2 atom stereocenters. The minimum absolute atomic E-state index is 0.0183. The van der Waals surface area contributed by atoms with Gasteiger partial charge in [0.15, 0.2) is 11.5 Å². The molecule has 1 spiro atoms. The van der Waals surface area contributed by atoms with Crippen LogP contribution in [0.25, 0.3) is 0 Å². The molecule has 1 heterocycles. The van der Waals surface area contributed by atoms with E-state index in [0.717, 1.165) is 31.4 Å². The Morgan fingerprint density at radius 1 is 1.29 bits per heavy atom. The minimum atomic E-state index is -0.0933. The van der Waals surface area contributed by atoms with Gasteiger partial charge in [-0.3, -0.25) is 4.79 Å².